The molecular weight excluding hydrogens is 288 g/mol. The van der Waals surface area contributed by atoms with Crippen LogP contribution in [0, 0.1) is 0 Å². The summed E-state index contributed by atoms with van der Waals surface area (Å²) in [5, 5.41) is -0.0240. The first-order valence-corrected chi connectivity index (χ1v) is 7.20. The van der Waals surface area contributed by atoms with Crippen LogP contribution in [-0.2, 0) is 23.8 Å². The minimum Gasteiger partial charge on any atom is -0.463 e. The molecule has 0 saturated heterocycles. The number of carbonyl (C=O) groups excluding carboxylic acids is 2. The highest BCUT2D eigenvalue weighted by atomic mass is 32.1. The summed E-state index contributed by atoms with van der Waals surface area (Å²) in [4.78, 5) is 22.3. The van der Waals surface area contributed by atoms with Crippen LogP contribution >= 0.6 is 25.3 Å². The third-order valence-electron chi connectivity index (χ3n) is 1.91. The second-order valence-corrected chi connectivity index (χ2v) is 5.92. The number of ether oxygens (including phenoxy) is 3. The standard InChI is InChI=1S/C12H22O5S2/c1-9(18)7-11(13)16-5-3-15-4-6-17-12(14)8-10(2)19/h9-10,18-19H,3-8H2,1-2H3. The number of esters is 2. The summed E-state index contributed by atoms with van der Waals surface area (Å²) in [7, 11) is 0. The maximum atomic E-state index is 11.1. The molecular formula is C12H22O5S2. The van der Waals surface area contributed by atoms with Crippen molar-refractivity contribution < 1.29 is 23.8 Å². The van der Waals surface area contributed by atoms with Crippen molar-refractivity contribution in [2.45, 2.75) is 37.2 Å². The molecule has 5 nitrogen and oxygen atoms in total. The minimum atomic E-state index is -0.291. The van der Waals surface area contributed by atoms with Crippen LogP contribution in [0.3, 0.4) is 0 Å². The van der Waals surface area contributed by atoms with Gasteiger partial charge in [0.25, 0.3) is 0 Å². The molecule has 0 saturated carbocycles. The van der Waals surface area contributed by atoms with E-state index in [0.29, 0.717) is 0 Å². The lowest BCUT2D eigenvalue weighted by molar-refractivity contribution is -0.146. The van der Waals surface area contributed by atoms with E-state index >= 15 is 0 Å². The highest BCUT2D eigenvalue weighted by Crippen LogP contribution is 2.01. The van der Waals surface area contributed by atoms with Crippen molar-refractivity contribution in [3.05, 3.63) is 0 Å². The molecule has 7 heteroatoms. The van der Waals surface area contributed by atoms with Crippen LogP contribution in [0.4, 0.5) is 0 Å². The fourth-order valence-electron chi connectivity index (χ4n) is 1.13. The van der Waals surface area contributed by atoms with E-state index in [-0.39, 0.29) is 61.7 Å². The minimum absolute atomic E-state index is 0.0120. The van der Waals surface area contributed by atoms with Crippen molar-refractivity contribution in [2.75, 3.05) is 26.4 Å². The van der Waals surface area contributed by atoms with Crippen LogP contribution < -0.4 is 0 Å². The molecule has 0 spiro atoms. The number of thiol groups is 2. The topological polar surface area (TPSA) is 61.8 Å². The van der Waals surface area contributed by atoms with E-state index < -0.39 is 0 Å². The molecule has 2 atom stereocenters. The Hall–Kier alpha value is -0.400. The van der Waals surface area contributed by atoms with Gasteiger partial charge < -0.3 is 14.2 Å². The van der Waals surface area contributed by atoms with E-state index in [1.54, 1.807) is 0 Å². The summed E-state index contributed by atoms with van der Waals surface area (Å²) < 4.78 is 15.0. The lowest BCUT2D eigenvalue weighted by atomic mass is 10.3. The van der Waals surface area contributed by atoms with E-state index in [1.807, 2.05) is 13.8 Å². The Morgan fingerprint density at radius 2 is 1.21 bits per heavy atom. The van der Waals surface area contributed by atoms with Gasteiger partial charge in [-0.15, -0.1) is 0 Å². The van der Waals surface area contributed by atoms with Gasteiger partial charge in [-0.1, -0.05) is 13.8 Å². The summed E-state index contributed by atoms with van der Waals surface area (Å²) >= 11 is 8.17. The first kappa shape index (κ1) is 18.6. The van der Waals surface area contributed by atoms with E-state index in [9.17, 15) is 9.59 Å². The Morgan fingerprint density at radius 1 is 0.842 bits per heavy atom. The van der Waals surface area contributed by atoms with E-state index in [1.165, 1.54) is 0 Å². The smallest absolute Gasteiger partial charge is 0.306 e. The molecule has 0 aliphatic rings. The molecule has 0 amide bonds. The number of carbonyl (C=O) groups is 2. The molecule has 0 rings (SSSR count). The van der Waals surface area contributed by atoms with Gasteiger partial charge in [0, 0.05) is 10.5 Å². The molecule has 0 bridgehead atoms. The molecule has 0 N–H and O–H groups in total. The van der Waals surface area contributed by atoms with Crippen molar-refractivity contribution in [1.82, 2.24) is 0 Å². The normalized spacial score (nSPS) is 13.7. The van der Waals surface area contributed by atoms with E-state index in [2.05, 4.69) is 25.3 Å². The quantitative estimate of drug-likeness (QED) is 0.364. The molecule has 0 aromatic heterocycles. The molecule has 0 aromatic rings. The van der Waals surface area contributed by atoms with Crippen LogP contribution in [-0.4, -0.2) is 48.9 Å². The molecule has 0 aromatic carbocycles. The third kappa shape index (κ3) is 13.8. The first-order valence-electron chi connectivity index (χ1n) is 6.17. The second-order valence-electron chi connectivity index (χ2n) is 4.16. The Bertz CT molecular complexity index is 243. The van der Waals surface area contributed by atoms with Crippen LogP contribution in [0.5, 0.6) is 0 Å². The molecule has 0 fully saturated rings. The molecule has 112 valence electrons. The van der Waals surface area contributed by atoms with Gasteiger partial charge >= 0.3 is 11.9 Å². The third-order valence-corrected chi connectivity index (χ3v) is 2.27. The van der Waals surface area contributed by atoms with Gasteiger partial charge in [-0.05, 0) is 0 Å². The van der Waals surface area contributed by atoms with Crippen LogP contribution in [0.2, 0.25) is 0 Å². The summed E-state index contributed by atoms with van der Waals surface area (Å²) in [6.45, 7) is 4.60. The predicted molar refractivity (Wildman–Crippen MR) is 78.9 cm³/mol. The number of hydrogen-bond donors (Lipinski definition) is 2. The molecule has 2 unspecified atom stereocenters. The second kappa shape index (κ2) is 11.4. The van der Waals surface area contributed by atoms with Crippen molar-refractivity contribution >= 4 is 37.2 Å². The fourth-order valence-corrected chi connectivity index (χ4v) is 1.43. The predicted octanol–water partition coefficient (Wildman–Crippen LogP) is 1.51. The number of rotatable bonds is 10. The molecule has 0 aliphatic heterocycles. The maximum Gasteiger partial charge on any atom is 0.306 e. The van der Waals surface area contributed by atoms with Crippen molar-refractivity contribution in [3.63, 3.8) is 0 Å². The van der Waals surface area contributed by atoms with Crippen molar-refractivity contribution in [2.24, 2.45) is 0 Å². The SMILES string of the molecule is CC(S)CC(=O)OCCOCCOC(=O)CC(C)S. The van der Waals surface area contributed by atoms with E-state index in [4.69, 9.17) is 14.2 Å². The van der Waals surface area contributed by atoms with Gasteiger partial charge in [0.2, 0.25) is 0 Å². The van der Waals surface area contributed by atoms with Gasteiger partial charge in [-0.3, -0.25) is 9.59 Å². The fraction of sp³-hybridized carbons (Fsp3) is 0.833. The summed E-state index contributed by atoms with van der Waals surface area (Å²) in [5.41, 5.74) is 0. The van der Waals surface area contributed by atoms with Gasteiger partial charge in [0.1, 0.15) is 13.2 Å². The van der Waals surface area contributed by atoms with Crippen molar-refractivity contribution in [1.29, 1.82) is 0 Å². The molecule has 0 radical (unpaired) electrons. The highest BCUT2D eigenvalue weighted by Gasteiger charge is 2.07. The summed E-state index contributed by atoms with van der Waals surface area (Å²) in [6, 6.07) is 0. The van der Waals surface area contributed by atoms with Gasteiger partial charge in [0.15, 0.2) is 0 Å². The molecule has 19 heavy (non-hydrogen) atoms. The van der Waals surface area contributed by atoms with Gasteiger partial charge in [-0.2, -0.15) is 25.3 Å². The van der Waals surface area contributed by atoms with Gasteiger partial charge in [0.05, 0.1) is 26.1 Å². The van der Waals surface area contributed by atoms with E-state index in [0.717, 1.165) is 0 Å². The molecule has 0 aliphatic carbocycles. The average Bonchev–Trinajstić information content (AvgIpc) is 2.25. The molecule has 0 heterocycles. The lowest BCUT2D eigenvalue weighted by Crippen LogP contribution is -2.16. The average molecular weight is 310 g/mol. The maximum absolute atomic E-state index is 11.1. The van der Waals surface area contributed by atoms with Crippen LogP contribution in [0.1, 0.15) is 26.7 Å². The Kier molecular flexibility index (Phi) is 11.2. The number of hydrogen-bond acceptors (Lipinski definition) is 7. The lowest BCUT2D eigenvalue weighted by Gasteiger charge is -2.08. The monoisotopic (exact) mass is 310 g/mol. The zero-order valence-electron chi connectivity index (χ0n) is 11.3. The zero-order chi connectivity index (χ0) is 14.7. The Labute approximate surface area is 125 Å². The first-order chi connectivity index (χ1) is 8.91. The zero-order valence-corrected chi connectivity index (χ0v) is 13.1. The Balaban J connectivity index is 3.32. The van der Waals surface area contributed by atoms with Crippen LogP contribution in [0.25, 0.3) is 0 Å². The van der Waals surface area contributed by atoms with Crippen molar-refractivity contribution in [3.8, 4) is 0 Å². The largest absolute Gasteiger partial charge is 0.463 e. The van der Waals surface area contributed by atoms with Crippen LogP contribution in [0.15, 0.2) is 0 Å². The summed E-state index contributed by atoms with van der Waals surface area (Å²) in [5.74, 6) is -0.583. The summed E-state index contributed by atoms with van der Waals surface area (Å²) in [6.07, 6.45) is 0.561. The Morgan fingerprint density at radius 3 is 1.53 bits per heavy atom. The highest BCUT2D eigenvalue weighted by molar-refractivity contribution is 7.81. The van der Waals surface area contributed by atoms with Gasteiger partial charge in [-0.25, -0.2) is 0 Å².